The van der Waals surface area contributed by atoms with Gasteiger partial charge in [-0.3, -0.25) is 4.79 Å². The molecule has 1 aliphatic heterocycles. The smallest absolute Gasteiger partial charge is 0.280 e. The monoisotopic (exact) mass is 243 g/mol. The van der Waals surface area contributed by atoms with Gasteiger partial charge in [-0.25, -0.2) is 0 Å². The average molecular weight is 243 g/mol. The molecule has 0 amide bonds. The Morgan fingerprint density at radius 1 is 1.47 bits per heavy atom. The summed E-state index contributed by atoms with van der Waals surface area (Å²) < 4.78 is 5.19. The first kappa shape index (κ1) is 12.0. The van der Waals surface area contributed by atoms with Crippen molar-refractivity contribution >= 4 is 5.95 Å². The van der Waals surface area contributed by atoms with Crippen LogP contribution in [0.3, 0.4) is 0 Å². The topological polar surface area (TPSA) is 142 Å². The molecule has 6 N–H and O–H groups in total. The Morgan fingerprint density at radius 2 is 2.18 bits per heavy atom. The molecular weight excluding hydrogens is 230 g/mol. The molecule has 1 aromatic heterocycles. The summed E-state index contributed by atoms with van der Waals surface area (Å²) >= 11 is 0. The van der Waals surface area contributed by atoms with Crippen molar-refractivity contribution in [2.45, 2.75) is 24.4 Å². The van der Waals surface area contributed by atoms with Crippen LogP contribution >= 0.6 is 0 Å². The van der Waals surface area contributed by atoms with Crippen molar-refractivity contribution in [3.63, 3.8) is 0 Å². The van der Waals surface area contributed by atoms with Crippen LogP contribution in [-0.2, 0) is 4.74 Å². The van der Waals surface area contributed by atoms with Crippen LogP contribution in [0.5, 0.6) is 0 Å². The second-order valence-electron chi connectivity index (χ2n) is 3.81. The minimum atomic E-state index is -1.29. The number of H-pyrrole nitrogens is 1. The van der Waals surface area contributed by atoms with Gasteiger partial charge in [0, 0.05) is 6.20 Å². The molecular formula is C9H13N3O5. The van der Waals surface area contributed by atoms with Gasteiger partial charge in [0.15, 0.2) is 0 Å². The highest BCUT2D eigenvalue weighted by atomic mass is 16.6. The highest BCUT2D eigenvalue weighted by Gasteiger charge is 2.44. The predicted octanol–water partition coefficient (Wildman–Crippen LogP) is -2.49. The fraction of sp³-hybridized carbons (Fsp3) is 0.556. The number of nitrogens with one attached hydrogen (secondary N) is 1. The zero-order chi connectivity index (χ0) is 12.6. The van der Waals surface area contributed by atoms with Crippen molar-refractivity contribution in [2.24, 2.45) is 0 Å². The van der Waals surface area contributed by atoms with E-state index in [1.807, 2.05) is 0 Å². The Kier molecular flexibility index (Phi) is 3.11. The van der Waals surface area contributed by atoms with Gasteiger partial charge in [-0.15, -0.1) is 0 Å². The van der Waals surface area contributed by atoms with Gasteiger partial charge in [0.25, 0.3) is 5.56 Å². The van der Waals surface area contributed by atoms with Crippen molar-refractivity contribution in [3.05, 3.63) is 22.1 Å². The zero-order valence-corrected chi connectivity index (χ0v) is 8.78. The second-order valence-corrected chi connectivity index (χ2v) is 3.81. The molecule has 8 heteroatoms. The molecule has 4 atom stereocenters. The van der Waals surface area contributed by atoms with Gasteiger partial charge in [-0.05, 0) is 0 Å². The molecule has 1 saturated heterocycles. The van der Waals surface area contributed by atoms with Gasteiger partial charge in [0.05, 0.1) is 12.2 Å². The first-order valence-electron chi connectivity index (χ1n) is 5.02. The lowest BCUT2D eigenvalue weighted by Gasteiger charge is -2.13. The summed E-state index contributed by atoms with van der Waals surface area (Å²) in [4.78, 5) is 17.5. The lowest BCUT2D eigenvalue weighted by Crippen LogP contribution is -2.33. The summed E-state index contributed by atoms with van der Waals surface area (Å²) in [5.74, 6) is -0.0505. The van der Waals surface area contributed by atoms with E-state index in [2.05, 4.69) is 9.97 Å². The summed E-state index contributed by atoms with van der Waals surface area (Å²) in [7, 11) is 0. The summed E-state index contributed by atoms with van der Waals surface area (Å²) in [5.41, 5.74) is 4.70. The molecule has 94 valence electrons. The van der Waals surface area contributed by atoms with Crippen molar-refractivity contribution in [3.8, 4) is 0 Å². The van der Waals surface area contributed by atoms with E-state index in [9.17, 15) is 15.0 Å². The molecule has 0 bridgehead atoms. The quantitative estimate of drug-likeness (QED) is 0.386. The molecule has 17 heavy (non-hydrogen) atoms. The van der Waals surface area contributed by atoms with E-state index in [0.717, 1.165) is 0 Å². The van der Waals surface area contributed by atoms with Crippen molar-refractivity contribution in [2.75, 3.05) is 12.3 Å². The largest absolute Gasteiger partial charge is 0.394 e. The molecule has 0 aromatic carbocycles. The van der Waals surface area contributed by atoms with Gasteiger partial charge in [-0.1, -0.05) is 0 Å². The lowest BCUT2D eigenvalue weighted by atomic mass is 10.0. The van der Waals surface area contributed by atoms with E-state index < -0.39 is 36.6 Å². The minimum absolute atomic E-state index is 0.0505. The SMILES string of the molecule is Nc1nc(=O)c([C@@H]2O[C@H](CO)[C@H](O)C2O)c[nH]1. The number of aromatic amines is 1. The van der Waals surface area contributed by atoms with E-state index >= 15 is 0 Å². The first-order chi connectivity index (χ1) is 8.04. The van der Waals surface area contributed by atoms with E-state index in [1.165, 1.54) is 6.20 Å². The van der Waals surface area contributed by atoms with E-state index in [4.69, 9.17) is 15.6 Å². The molecule has 1 aliphatic rings. The van der Waals surface area contributed by atoms with Gasteiger partial charge in [0.1, 0.15) is 24.4 Å². The number of nitrogens with two attached hydrogens (primary N) is 1. The fourth-order valence-corrected chi connectivity index (χ4v) is 1.78. The maximum Gasteiger partial charge on any atom is 0.280 e. The zero-order valence-electron chi connectivity index (χ0n) is 8.78. The molecule has 0 aliphatic carbocycles. The van der Waals surface area contributed by atoms with Gasteiger partial charge >= 0.3 is 0 Å². The molecule has 2 heterocycles. The van der Waals surface area contributed by atoms with Crippen LogP contribution in [0, 0.1) is 0 Å². The number of aromatic nitrogens is 2. The highest BCUT2D eigenvalue weighted by molar-refractivity contribution is 5.21. The Morgan fingerprint density at radius 3 is 2.71 bits per heavy atom. The number of nitrogens with zero attached hydrogens (tertiary/aromatic N) is 1. The number of aliphatic hydroxyl groups excluding tert-OH is 3. The predicted molar refractivity (Wildman–Crippen MR) is 56.0 cm³/mol. The fourth-order valence-electron chi connectivity index (χ4n) is 1.78. The summed E-state index contributed by atoms with van der Waals surface area (Å²) in [6, 6.07) is 0. The Hall–Kier alpha value is -1.48. The minimum Gasteiger partial charge on any atom is -0.394 e. The van der Waals surface area contributed by atoms with Gasteiger partial charge in [-0.2, -0.15) is 4.98 Å². The Balaban J connectivity index is 2.32. The van der Waals surface area contributed by atoms with Crippen LogP contribution in [0.15, 0.2) is 11.0 Å². The molecule has 8 nitrogen and oxygen atoms in total. The highest BCUT2D eigenvalue weighted by Crippen LogP contribution is 2.31. The summed E-state index contributed by atoms with van der Waals surface area (Å²) in [6.07, 6.45) is -3.23. The molecule has 0 saturated carbocycles. The molecule has 0 spiro atoms. The summed E-state index contributed by atoms with van der Waals surface area (Å²) in [5, 5.41) is 28.2. The van der Waals surface area contributed by atoms with Crippen molar-refractivity contribution in [1.82, 2.24) is 9.97 Å². The summed E-state index contributed by atoms with van der Waals surface area (Å²) in [6.45, 7) is -0.449. The van der Waals surface area contributed by atoms with E-state index in [-0.39, 0.29) is 11.5 Å². The molecule has 1 unspecified atom stereocenters. The van der Waals surface area contributed by atoms with Crippen LogP contribution < -0.4 is 11.3 Å². The Labute approximate surface area is 95.7 Å². The number of nitrogen functional groups attached to an aromatic ring is 1. The molecule has 2 rings (SSSR count). The number of aliphatic hydroxyl groups is 3. The third-order valence-corrected chi connectivity index (χ3v) is 2.69. The number of ether oxygens (including phenoxy) is 1. The molecule has 1 fully saturated rings. The first-order valence-corrected chi connectivity index (χ1v) is 5.02. The maximum atomic E-state index is 11.5. The Bertz CT molecular complexity index is 462. The van der Waals surface area contributed by atoms with E-state index in [0.29, 0.717) is 0 Å². The van der Waals surface area contributed by atoms with E-state index in [1.54, 1.807) is 0 Å². The van der Waals surface area contributed by atoms with Gasteiger partial charge < -0.3 is 30.8 Å². The van der Waals surface area contributed by atoms with Crippen LogP contribution in [0.25, 0.3) is 0 Å². The maximum absolute atomic E-state index is 11.5. The second kappa shape index (κ2) is 4.41. The third kappa shape index (κ3) is 2.03. The molecule has 0 radical (unpaired) electrons. The standard InChI is InChI=1S/C9H13N3O5/c10-9-11-1-3(8(16)12-9)7-6(15)5(14)4(2-13)17-7/h1,4-7,13-15H,2H2,(H3,10,11,12,16)/t4-,5+,6?,7+/m1/s1. The number of hydrogen-bond donors (Lipinski definition) is 5. The van der Waals surface area contributed by atoms with Crippen LogP contribution in [0.2, 0.25) is 0 Å². The van der Waals surface area contributed by atoms with Crippen LogP contribution in [0.1, 0.15) is 11.7 Å². The van der Waals surface area contributed by atoms with Crippen LogP contribution in [-0.4, -0.2) is 50.2 Å². The average Bonchev–Trinajstić information content (AvgIpc) is 2.57. The normalized spacial score (nSPS) is 32.9. The van der Waals surface area contributed by atoms with Crippen LogP contribution in [0.4, 0.5) is 5.95 Å². The van der Waals surface area contributed by atoms with Crippen molar-refractivity contribution in [1.29, 1.82) is 0 Å². The molecule has 1 aromatic rings. The van der Waals surface area contributed by atoms with Gasteiger partial charge in [0.2, 0.25) is 5.95 Å². The third-order valence-electron chi connectivity index (χ3n) is 2.69. The number of anilines is 1. The van der Waals surface area contributed by atoms with Crippen molar-refractivity contribution < 1.29 is 20.1 Å². The lowest BCUT2D eigenvalue weighted by molar-refractivity contribution is -0.0232. The number of hydrogen-bond acceptors (Lipinski definition) is 7. The number of rotatable bonds is 2.